The molecule has 34 heavy (non-hydrogen) atoms. The molecule has 0 unspecified atom stereocenters. The second kappa shape index (κ2) is 9.25. The quantitative estimate of drug-likeness (QED) is 0.212. The van der Waals surface area contributed by atoms with Crippen molar-refractivity contribution in [2.75, 3.05) is 5.32 Å². The van der Waals surface area contributed by atoms with Crippen LogP contribution in [0.2, 0.25) is 5.02 Å². The number of hydrogen-bond donors (Lipinski definition) is 1. The third kappa shape index (κ3) is 4.46. The standard InChI is InChI=1S/C26H14Br2ClNO4/c27-15-5-8-22-14(11-15)12-19(26(32)34-22)25(31)30-16-6-9-24(21(29)13-16)33-23-10-7-20(28)17-3-1-2-4-18(17)23/h1-13H,(H,30,31). The maximum atomic E-state index is 12.8. The molecule has 1 amide bonds. The van der Waals surface area contributed by atoms with Gasteiger partial charge in [0.05, 0.1) is 5.02 Å². The largest absolute Gasteiger partial charge is 0.455 e. The molecule has 0 bridgehead atoms. The minimum atomic E-state index is -0.722. The maximum Gasteiger partial charge on any atom is 0.349 e. The lowest BCUT2D eigenvalue weighted by atomic mass is 10.1. The van der Waals surface area contributed by atoms with E-state index in [1.807, 2.05) is 36.4 Å². The summed E-state index contributed by atoms with van der Waals surface area (Å²) in [6.07, 6.45) is 0. The van der Waals surface area contributed by atoms with Crippen LogP contribution in [0.4, 0.5) is 5.69 Å². The number of rotatable bonds is 4. The van der Waals surface area contributed by atoms with E-state index in [2.05, 4.69) is 37.2 Å². The lowest BCUT2D eigenvalue weighted by Crippen LogP contribution is -2.20. The van der Waals surface area contributed by atoms with Crippen LogP contribution >= 0.6 is 43.5 Å². The molecule has 0 aliphatic carbocycles. The van der Waals surface area contributed by atoms with Crippen LogP contribution in [0.25, 0.3) is 21.7 Å². The molecule has 0 saturated carbocycles. The van der Waals surface area contributed by atoms with Crippen molar-refractivity contribution in [3.05, 3.63) is 109 Å². The van der Waals surface area contributed by atoms with Gasteiger partial charge in [0.2, 0.25) is 0 Å². The van der Waals surface area contributed by atoms with Gasteiger partial charge in [-0.3, -0.25) is 4.79 Å². The van der Waals surface area contributed by atoms with Crippen molar-refractivity contribution >= 4 is 76.8 Å². The Morgan fingerprint density at radius 3 is 2.44 bits per heavy atom. The molecule has 5 aromatic rings. The van der Waals surface area contributed by atoms with Crippen molar-refractivity contribution in [3.8, 4) is 11.5 Å². The Bertz CT molecular complexity index is 1650. The summed E-state index contributed by atoms with van der Waals surface area (Å²) in [6, 6.07) is 23.2. The number of nitrogens with one attached hydrogen (secondary N) is 1. The Morgan fingerprint density at radius 2 is 1.65 bits per heavy atom. The minimum Gasteiger partial charge on any atom is -0.455 e. The molecule has 1 aromatic heterocycles. The topological polar surface area (TPSA) is 68.5 Å². The van der Waals surface area contributed by atoms with Crippen LogP contribution in [-0.4, -0.2) is 5.91 Å². The molecular weight excluding hydrogens is 586 g/mol. The number of carbonyl (C=O) groups is 1. The van der Waals surface area contributed by atoms with E-state index in [0.29, 0.717) is 33.2 Å². The SMILES string of the molecule is O=C(Nc1ccc(Oc2ccc(Br)c3ccccc23)c(Cl)c1)c1cc2cc(Br)ccc2oc1=O. The summed E-state index contributed by atoms with van der Waals surface area (Å²) in [4.78, 5) is 25.1. The van der Waals surface area contributed by atoms with Crippen molar-refractivity contribution in [2.24, 2.45) is 0 Å². The summed E-state index contributed by atoms with van der Waals surface area (Å²) < 4.78 is 13.1. The van der Waals surface area contributed by atoms with Gasteiger partial charge in [0.1, 0.15) is 22.6 Å². The molecule has 0 spiro atoms. The molecule has 8 heteroatoms. The zero-order valence-electron chi connectivity index (χ0n) is 17.3. The summed E-state index contributed by atoms with van der Waals surface area (Å²) in [7, 11) is 0. The Kier molecular flexibility index (Phi) is 6.16. The Morgan fingerprint density at radius 1 is 0.882 bits per heavy atom. The van der Waals surface area contributed by atoms with Crippen molar-refractivity contribution in [1.82, 2.24) is 0 Å². The number of fused-ring (bicyclic) bond motifs is 2. The van der Waals surface area contributed by atoms with E-state index < -0.39 is 11.5 Å². The Balaban J connectivity index is 1.40. The first-order valence-corrected chi connectivity index (χ1v) is 12.0. The van der Waals surface area contributed by atoms with Gasteiger partial charge >= 0.3 is 5.63 Å². The van der Waals surface area contributed by atoms with Gasteiger partial charge in [-0.2, -0.15) is 0 Å². The van der Waals surface area contributed by atoms with E-state index in [0.717, 1.165) is 19.7 Å². The lowest BCUT2D eigenvalue weighted by Gasteiger charge is -2.13. The first-order chi connectivity index (χ1) is 16.4. The second-order valence-electron chi connectivity index (χ2n) is 7.42. The van der Waals surface area contributed by atoms with Crippen molar-refractivity contribution in [3.63, 3.8) is 0 Å². The number of amides is 1. The molecule has 0 atom stereocenters. The zero-order valence-corrected chi connectivity index (χ0v) is 21.2. The highest BCUT2D eigenvalue weighted by atomic mass is 79.9. The van der Waals surface area contributed by atoms with Gasteiger partial charge in [0.15, 0.2) is 0 Å². The van der Waals surface area contributed by atoms with E-state index in [9.17, 15) is 9.59 Å². The molecule has 5 nitrogen and oxygen atoms in total. The third-order valence-electron chi connectivity index (χ3n) is 5.18. The van der Waals surface area contributed by atoms with E-state index in [4.69, 9.17) is 20.8 Å². The summed E-state index contributed by atoms with van der Waals surface area (Å²) in [5, 5.41) is 5.57. The minimum absolute atomic E-state index is 0.108. The Labute approximate surface area is 215 Å². The van der Waals surface area contributed by atoms with E-state index in [1.165, 1.54) is 6.07 Å². The molecule has 0 fully saturated rings. The molecule has 0 saturated heterocycles. The molecule has 1 N–H and O–H groups in total. The Hall–Kier alpha value is -3.13. The van der Waals surface area contributed by atoms with Crippen LogP contribution < -0.4 is 15.7 Å². The highest BCUT2D eigenvalue weighted by Gasteiger charge is 2.16. The van der Waals surface area contributed by atoms with Crippen LogP contribution in [0.15, 0.2) is 97.0 Å². The highest BCUT2D eigenvalue weighted by molar-refractivity contribution is 9.11. The molecule has 5 rings (SSSR count). The molecule has 1 heterocycles. The first-order valence-electron chi connectivity index (χ1n) is 10.1. The normalized spacial score (nSPS) is 11.0. The van der Waals surface area contributed by atoms with Gasteiger partial charge < -0.3 is 14.5 Å². The molecule has 168 valence electrons. The number of anilines is 1. The zero-order chi connectivity index (χ0) is 23.8. The van der Waals surface area contributed by atoms with Crippen LogP contribution in [0.1, 0.15) is 10.4 Å². The van der Waals surface area contributed by atoms with Crippen LogP contribution in [0.5, 0.6) is 11.5 Å². The maximum absolute atomic E-state index is 12.8. The van der Waals surface area contributed by atoms with Crippen molar-refractivity contribution in [1.29, 1.82) is 0 Å². The first kappa shape index (κ1) is 22.7. The highest BCUT2D eigenvalue weighted by Crippen LogP contribution is 2.37. The average molecular weight is 600 g/mol. The van der Waals surface area contributed by atoms with Crippen LogP contribution in [0.3, 0.4) is 0 Å². The van der Waals surface area contributed by atoms with Crippen LogP contribution in [-0.2, 0) is 0 Å². The van der Waals surface area contributed by atoms with Gasteiger partial charge in [-0.1, -0.05) is 67.7 Å². The molecule has 4 aromatic carbocycles. The fourth-order valence-electron chi connectivity index (χ4n) is 3.55. The van der Waals surface area contributed by atoms with Gasteiger partial charge in [-0.15, -0.1) is 0 Å². The second-order valence-corrected chi connectivity index (χ2v) is 9.60. The molecular formula is C26H14Br2ClNO4. The number of hydrogen-bond acceptors (Lipinski definition) is 4. The summed E-state index contributed by atoms with van der Waals surface area (Å²) in [5.74, 6) is 0.485. The van der Waals surface area contributed by atoms with Gasteiger partial charge in [0, 0.05) is 25.4 Å². The monoisotopic (exact) mass is 597 g/mol. The number of carbonyl (C=O) groups excluding carboxylic acids is 1. The van der Waals surface area contributed by atoms with Gasteiger partial charge in [-0.05, 0) is 60.0 Å². The molecule has 0 aliphatic heterocycles. The fourth-order valence-corrected chi connectivity index (χ4v) is 4.63. The van der Waals surface area contributed by atoms with Gasteiger partial charge in [0.25, 0.3) is 5.91 Å². The van der Waals surface area contributed by atoms with E-state index in [-0.39, 0.29) is 5.56 Å². The predicted octanol–water partition coefficient (Wildman–Crippen LogP) is 8.17. The molecule has 0 aliphatic rings. The number of ether oxygens (including phenoxy) is 1. The average Bonchev–Trinajstić information content (AvgIpc) is 2.82. The van der Waals surface area contributed by atoms with E-state index in [1.54, 1.807) is 36.4 Å². The van der Waals surface area contributed by atoms with Crippen molar-refractivity contribution in [2.45, 2.75) is 0 Å². The third-order valence-corrected chi connectivity index (χ3v) is 6.66. The number of benzene rings is 4. The smallest absolute Gasteiger partial charge is 0.349 e. The predicted molar refractivity (Wildman–Crippen MR) is 141 cm³/mol. The summed E-state index contributed by atoms with van der Waals surface area (Å²) >= 11 is 13.4. The fraction of sp³-hybridized carbons (Fsp3) is 0. The lowest BCUT2D eigenvalue weighted by molar-refractivity contribution is 0.102. The van der Waals surface area contributed by atoms with Crippen LogP contribution in [0, 0.1) is 0 Å². The van der Waals surface area contributed by atoms with Crippen molar-refractivity contribution < 1.29 is 13.9 Å². The molecule has 0 radical (unpaired) electrons. The summed E-state index contributed by atoms with van der Waals surface area (Å²) in [6.45, 7) is 0. The summed E-state index contributed by atoms with van der Waals surface area (Å²) in [5.41, 5.74) is -0.0182. The number of halogens is 3. The van der Waals surface area contributed by atoms with Gasteiger partial charge in [-0.25, -0.2) is 4.79 Å². The van der Waals surface area contributed by atoms with E-state index >= 15 is 0 Å².